The zero-order valence-electron chi connectivity index (χ0n) is 8.58. The molecule has 0 spiro atoms. The van der Waals surface area contributed by atoms with Crippen molar-refractivity contribution in [3.05, 3.63) is 35.1 Å². The van der Waals surface area contributed by atoms with Crippen molar-refractivity contribution in [2.75, 3.05) is 0 Å². The van der Waals surface area contributed by atoms with Gasteiger partial charge in [0, 0.05) is 17.3 Å². The summed E-state index contributed by atoms with van der Waals surface area (Å²) in [7, 11) is 0. The monoisotopic (exact) mass is 243 g/mol. The molecule has 6 heteroatoms. The largest absolute Gasteiger partial charge is 0.480 e. The Kier molecular flexibility index (Phi) is 2.87. The predicted octanol–water partition coefficient (Wildman–Crippen LogP) is 2.14. The van der Waals surface area contributed by atoms with Gasteiger partial charge in [0.15, 0.2) is 11.6 Å². The Morgan fingerprint density at radius 1 is 1.24 bits per heavy atom. The SMILES string of the molecule is O=C(O)[C@H]1CCC(c2cc(F)c(F)cc2F)=N1. The fraction of sp³-hybridized carbons (Fsp3) is 0.273. The Labute approximate surface area is 94.6 Å². The average Bonchev–Trinajstić information content (AvgIpc) is 2.72. The molecular weight excluding hydrogens is 235 g/mol. The van der Waals surface area contributed by atoms with Crippen molar-refractivity contribution in [3.63, 3.8) is 0 Å². The molecule has 1 N–H and O–H groups in total. The molecular formula is C11H8F3NO2. The van der Waals surface area contributed by atoms with E-state index in [-0.39, 0.29) is 24.1 Å². The number of carboxylic acid groups (broad SMARTS) is 1. The van der Waals surface area contributed by atoms with Crippen molar-refractivity contribution < 1.29 is 23.1 Å². The molecule has 1 aromatic carbocycles. The van der Waals surface area contributed by atoms with Crippen LogP contribution in [0, 0.1) is 17.5 Å². The van der Waals surface area contributed by atoms with Gasteiger partial charge in [0.2, 0.25) is 0 Å². The van der Waals surface area contributed by atoms with E-state index in [0.29, 0.717) is 12.1 Å². The zero-order valence-corrected chi connectivity index (χ0v) is 8.58. The Bertz CT molecular complexity index is 514. The summed E-state index contributed by atoms with van der Waals surface area (Å²) < 4.78 is 39.0. The van der Waals surface area contributed by atoms with Crippen molar-refractivity contribution in [1.82, 2.24) is 0 Å². The van der Waals surface area contributed by atoms with Gasteiger partial charge >= 0.3 is 5.97 Å². The highest BCUT2D eigenvalue weighted by Crippen LogP contribution is 2.22. The number of aliphatic carboxylic acids is 1. The third-order valence-corrected chi connectivity index (χ3v) is 2.57. The molecule has 0 aromatic heterocycles. The second-order valence-electron chi connectivity index (χ2n) is 3.71. The lowest BCUT2D eigenvalue weighted by molar-refractivity contribution is -0.138. The van der Waals surface area contributed by atoms with Crippen LogP contribution in [0.15, 0.2) is 17.1 Å². The lowest BCUT2D eigenvalue weighted by Gasteiger charge is -2.03. The first kappa shape index (κ1) is 11.6. The molecule has 0 saturated carbocycles. The normalized spacial score (nSPS) is 19.2. The fourth-order valence-corrected chi connectivity index (χ4v) is 1.72. The highest BCUT2D eigenvalue weighted by atomic mass is 19.2. The average molecular weight is 243 g/mol. The maximum atomic E-state index is 13.4. The van der Waals surface area contributed by atoms with E-state index >= 15 is 0 Å². The van der Waals surface area contributed by atoms with E-state index in [0.717, 1.165) is 0 Å². The molecule has 2 rings (SSSR count). The zero-order chi connectivity index (χ0) is 12.6. The van der Waals surface area contributed by atoms with E-state index in [1.807, 2.05) is 0 Å². The topological polar surface area (TPSA) is 49.7 Å². The molecule has 0 fully saturated rings. The van der Waals surface area contributed by atoms with Crippen LogP contribution in [0.1, 0.15) is 18.4 Å². The number of halogens is 3. The maximum Gasteiger partial charge on any atom is 0.328 e. The smallest absolute Gasteiger partial charge is 0.328 e. The molecule has 1 aliphatic rings. The summed E-state index contributed by atoms with van der Waals surface area (Å²) in [5.74, 6) is -4.50. The van der Waals surface area contributed by atoms with Gasteiger partial charge in [0.1, 0.15) is 11.9 Å². The van der Waals surface area contributed by atoms with Crippen molar-refractivity contribution in [3.8, 4) is 0 Å². The molecule has 0 unspecified atom stereocenters. The lowest BCUT2D eigenvalue weighted by Crippen LogP contribution is -2.13. The number of carboxylic acids is 1. The molecule has 1 heterocycles. The van der Waals surface area contributed by atoms with Gasteiger partial charge in [-0.25, -0.2) is 18.0 Å². The quantitative estimate of drug-likeness (QED) is 0.809. The first-order chi connectivity index (χ1) is 7.99. The number of benzene rings is 1. The first-order valence-electron chi connectivity index (χ1n) is 4.93. The minimum Gasteiger partial charge on any atom is -0.480 e. The van der Waals surface area contributed by atoms with Crippen molar-refractivity contribution >= 4 is 11.7 Å². The van der Waals surface area contributed by atoms with Crippen LogP contribution < -0.4 is 0 Å². The summed E-state index contributed by atoms with van der Waals surface area (Å²) in [4.78, 5) is 14.4. The van der Waals surface area contributed by atoms with Crippen LogP contribution in [-0.4, -0.2) is 22.8 Å². The molecule has 1 aliphatic heterocycles. The van der Waals surface area contributed by atoms with E-state index in [9.17, 15) is 18.0 Å². The number of aliphatic imine (C=N–C) groups is 1. The summed E-state index contributed by atoms with van der Waals surface area (Å²) in [6.07, 6.45) is 0.474. The molecule has 0 aliphatic carbocycles. The summed E-state index contributed by atoms with van der Waals surface area (Å²) in [6, 6.07) is 0.201. The second kappa shape index (κ2) is 4.20. The van der Waals surface area contributed by atoms with E-state index < -0.39 is 29.5 Å². The highest BCUT2D eigenvalue weighted by Gasteiger charge is 2.26. The van der Waals surface area contributed by atoms with E-state index in [1.54, 1.807) is 0 Å². The van der Waals surface area contributed by atoms with Gasteiger partial charge < -0.3 is 5.11 Å². The first-order valence-corrected chi connectivity index (χ1v) is 4.93. The van der Waals surface area contributed by atoms with Gasteiger partial charge in [0.05, 0.1) is 0 Å². The fourth-order valence-electron chi connectivity index (χ4n) is 1.72. The van der Waals surface area contributed by atoms with Gasteiger partial charge in [-0.2, -0.15) is 0 Å². The van der Waals surface area contributed by atoms with Crippen molar-refractivity contribution in [2.24, 2.45) is 4.99 Å². The molecule has 0 amide bonds. The third-order valence-electron chi connectivity index (χ3n) is 2.57. The Morgan fingerprint density at radius 2 is 1.88 bits per heavy atom. The molecule has 0 saturated heterocycles. The Hall–Kier alpha value is -1.85. The molecule has 0 bridgehead atoms. The van der Waals surface area contributed by atoms with Gasteiger partial charge in [-0.05, 0) is 18.9 Å². The van der Waals surface area contributed by atoms with Crippen LogP contribution in [0.5, 0.6) is 0 Å². The standard InChI is InChI=1S/C11H8F3NO2/c12-6-4-8(14)7(13)3-5(6)9-1-2-10(15-9)11(16)17/h3-4,10H,1-2H2,(H,16,17)/t10-/m1/s1. The predicted molar refractivity (Wildman–Crippen MR) is 53.5 cm³/mol. The van der Waals surface area contributed by atoms with Crippen LogP contribution in [0.4, 0.5) is 13.2 Å². The summed E-state index contributed by atoms with van der Waals surface area (Å²) in [5.41, 5.74) is -0.0125. The maximum absolute atomic E-state index is 13.4. The molecule has 90 valence electrons. The van der Waals surface area contributed by atoms with Crippen molar-refractivity contribution in [2.45, 2.75) is 18.9 Å². The number of rotatable bonds is 2. The van der Waals surface area contributed by atoms with E-state index in [2.05, 4.69) is 4.99 Å². The number of hydrogen-bond donors (Lipinski definition) is 1. The molecule has 1 aromatic rings. The molecule has 0 radical (unpaired) electrons. The van der Waals surface area contributed by atoms with Crippen molar-refractivity contribution in [1.29, 1.82) is 0 Å². The number of carbonyl (C=O) groups is 1. The van der Waals surface area contributed by atoms with E-state index in [4.69, 9.17) is 5.11 Å². The van der Waals surface area contributed by atoms with E-state index in [1.165, 1.54) is 0 Å². The third kappa shape index (κ3) is 2.15. The van der Waals surface area contributed by atoms with Gasteiger partial charge in [0.25, 0.3) is 0 Å². The van der Waals surface area contributed by atoms with Crippen LogP contribution in [-0.2, 0) is 4.79 Å². The van der Waals surface area contributed by atoms with Gasteiger partial charge in [-0.3, -0.25) is 4.99 Å². The number of hydrogen-bond acceptors (Lipinski definition) is 2. The Morgan fingerprint density at radius 3 is 2.47 bits per heavy atom. The minimum atomic E-state index is -1.28. The second-order valence-corrected chi connectivity index (χ2v) is 3.71. The van der Waals surface area contributed by atoms with Gasteiger partial charge in [-0.15, -0.1) is 0 Å². The summed E-state index contributed by atoms with van der Waals surface area (Å²) in [6.45, 7) is 0. The van der Waals surface area contributed by atoms with Crippen LogP contribution in [0.3, 0.4) is 0 Å². The Balaban J connectivity index is 2.39. The molecule has 1 atom stereocenters. The van der Waals surface area contributed by atoms with Crippen LogP contribution >= 0.6 is 0 Å². The number of nitrogens with zero attached hydrogens (tertiary/aromatic N) is 1. The highest BCUT2D eigenvalue weighted by molar-refractivity contribution is 6.03. The summed E-state index contributed by atoms with van der Waals surface area (Å²) in [5, 5.41) is 8.71. The lowest BCUT2D eigenvalue weighted by atomic mass is 10.1. The summed E-state index contributed by atoms with van der Waals surface area (Å²) >= 11 is 0. The minimum absolute atomic E-state index is 0.161. The molecule has 3 nitrogen and oxygen atoms in total. The van der Waals surface area contributed by atoms with Crippen LogP contribution in [0.25, 0.3) is 0 Å². The molecule has 17 heavy (non-hydrogen) atoms. The van der Waals surface area contributed by atoms with Gasteiger partial charge in [-0.1, -0.05) is 0 Å². The van der Waals surface area contributed by atoms with Crippen LogP contribution in [0.2, 0.25) is 0 Å².